The summed E-state index contributed by atoms with van der Waals surface area (Å²) in [5.41, 5.74) is 0.761. The molecule has 0 aliphatic rings. The Labute approximate surface area is 83.3 Å². The smallest absolute Gasteiger partial charge is 0.258 e. The van der Waals surface area contributed by atoms with Gasteiger partial charge in [-0.3, -0.25) is 4.79 Å². The maximum atomic E-state index is 12.3. The van der Waals surface area contributed by atoms with E-state index in [-0.39, 0.29) is 0 Å². The number of alkyl halides is 1. The number of hydrogen-bond donors (Lipinski definition) is 0. The highest BCUT2D eigenvalue weighted by molar-refractivity contribution is 5.94. The highest BCUT2D eigenvalue weighted by Gasteiger charge is 2.13. The van der Waals surface area contributed by atoms with E-state index >= 15 is 0 Å². The average molecular weight is 195 g/mol. The number of benzene rings is 1. The van der Waals surface area contributed by atoms with Gasteiger partial charge in [0.25, 0.3) is 5.91 Å². The summed E-state index contributed by atoms with van der Waals surface area (Å²) in [6, 6.07) is 9.16. The lowest BCUT2D eigenvalue weighted by Gasteiger charge is -2.20. The molecule has 1 amide bonds. The van der Waals surface area contributed by atoms with Crippen LogP contribution in [-0.4, -0.2) is 19.1 Å². The molecule has 1 aromatic carbocycles. The molecule has 1 rings (SSSR count). The van der Waals surface area contributed by atoms with Gasteiger partial charge in [0.1, 0.15) is 0 Å². The van der Waals surface area contributed by atoms with Crippen LogP contribution in [0.25, 0.3) is 0 Å². The van der Waals surface area contributed by atoms with Crippen LogP contribution in [0, 0.1) is 0 Å². The van der Waals surface area contributed by atoms with Crippen molar-refractivity contribution in [2.45, 2.75) is 13.3 Å². The Kier molecular flexibility index (Phi) is 4.11. The highest BCUT2D eigenvalue weighted by Crippen LogP contribution is 2.13. The van der Waals surface area contributed by atoms with Crippen LogP contribution in [0.1, 0.15) is 13.3 Å². The zero-order chi connectivity index (χ0) is 10.4. The molecule has 0 saturated heterocycles. The fourth-order valence-corrected chi connectivity index (χ4v) is 1.30. The van der Waals surface area contributed by atoms with Crippen molar-refractivity contribution < 1.29 is 9.18 Å². The van der Waals surface area contributed by atoms with Crippen LogP contribution in [0.5, 0.6) is 0 Å². The van der Waals surface area contributed by atoms with Crippen LogP contribution in [-0.2, 0) is 4.79 Å². The van der Waals surface area contributed by atoms with E-state index in [9.17, 15) is 9.18 Å². The minimum Gasteiger partial charge on any atom is -0.310 e. The van der Waals surface area contributed by atoms with Gasteiger partial charge in [0, 0.05) is 12.2 Å². The molecule has 0 saturated carbocycles. The summed E-state index contributed by atoms with van der Waals surface area (Å²) in [5.74, 6) is -0.474. The highest BCUT2D eigenvalue weighted by atomic mass is 19.1. The molecule has 3 heteroatoms. The van der Waals surface area contributed by atoms with Gasteiger partial charge in [-0.05, 0) is 18.6 Å². The summed E-state index contributed by atoms with van der Waals surface area (Å²) in [5, 5.41) is 0. The summed E-state index contributed by atoms with van der Waals surface area (Å²) in [7, 11) is 0. The maximum Gasteiger partial charge on any atom is 0.258 e. The number of para-hydroxylation sites is 1. The molecular formula is C11H14FNO. The fraction of sp³-hybridized carbons (Fsp3) is 0.364. The molecule has 0 unspecified atom stereocenters. The number of nitrogens with zero attached hydrogens (tertiary/aromatic N) is 1. The van der Waals surface area contributed by atoms with Crippen LogP contribution in [0.4, 0.5) is 10.1 Å². The molecule has 0 spiro atoms. The van der Waals surface area contributed by atoms with Crippen molar-refractivity contribution in [2.24, 2.45) is 0 Å². The van der Waals surface area contributed by atoms with Crippen molar-refractivity contribution in [1.29, 1.82) is 0 Å². The van der Waals surface area contributed by atoms with Crippen molar-refractivity contribution in [1.82, 2.24) is 0 Å². The Morgan fingerprint density at radius 3 is 2.50 bits per heavy atom. The van der Waals surface area contributed by atoms with E-state index in [1.165, 1.54) is 4.90 Å². The number of carbonyl (C=O) groups is 1. The van der Waals surface area contributed by atoms with E-state index in [2.05, 4.69) is 0 Å². The van der Waals surface area contributed by atoms with Crippen molar-refractivity contribution in [3.63, 3.8) is 0 Å². The average Bonchev–Trinajstić information content (AvgIpc) is 2.26. The third-order valence-corrected chi connectivity index (χ3v) is 1.93. The largest absolute Gasteiger partial charge is 0.310 e. The lowest BCUT2D eigenvalue weighted by atomic mass is 10.2. The quantitative estimate of drug-likeness (QED) is 0.722. The predicted molar refractivity (Wildman–Crippen MR) is 55.1 cm³/mol. The lowest BCUT2D eigenvalue weighted by molar-refractivity contribution is -0.119. The first-order valence-corrected chi connectivity index (χ1v) is 4.71. The standard InChI is InChI=1S/C11H14FNO/c1-2-8-13(11(14)9-12)10-6-4-3-5-7-10/h3-7H,2,8-9H2,1H3. The zero-order valence-electron chi connectivity index (χ0n) is 8.24. The fourth-order valence-electron chi connectivity index (χ4n) is 1.30. The molecule has 0 radical (unpaired) electrons. The second-order valence-electron chi connectivity index (χ2n) is 3.01. The number of hydrogen-bond acceptors (Lipinski definition) is 1. The van der Waals surface area contributed by atoms with Crippen molar-refractivity contribution in [3.8, 4) is 0 Å². The van der Waals surface area contributed by atoms with E-state index < -0.39 is 12.6 Å². The summed E-state index contributed by atoms with van der Waals surface area (Å²) in [4.78, 5) is 12.7. The second-order valence-corrected chi connectivity index (χ2v) is 3.01. The molecule has 0 N–H and O–H groups in total. The van der Waals surface area contributed by atoms with Gasteiger partial charge in [-0.25, -0.2) is 4.39 Å². The minimum absolute atomic E-state index is 0.474. The number of anilines is 1. The Hall–Kier alpha value is -1.38. The Morgan fingerprint density at radius 1 is 1.36 bits per heavy atom. The zero-order valence-corrected chi connectivity index (χ0v) is 8.24. The molecule has 0 atom stereocenters. The predicted octanol–water partition coefficient (Wildman–Crippen LogP) is 2.40. The number of halogens is 1. The van der Waals surface area contributed by atoms with Gasteiger partial charge >= 0.3 is 0 Å². The lowest BCUT2D eigenvalue weighted by Crippen LogP contribution is -2.32. The van der Waals surface area contributed by atoms with E-state index in [0.717, 1.165) is 12.1 Å². The van der Waals surface area contributed by atoms with Gasteiger partial charge < -0.3 is 4.90 Å². The molecule has 0 aliphatic carbocycles. The van der Waals surface area contributed by atoms with Crippen LogP contribution in [0.3, 0.4) is 0 Å². The van der Waals surface area contributed by atoms with Crippen LogP contribution < -0.4 is 4.90 Å². The topological polar surface area (TPSA) is 20.3 Å². The normalized spacial score (nSPS) is 9.86. The van der Waals surface area contributed by atoms with E-state index in [1.807, 2.05) is 37.3 Å². The third-order valence-electron chi connectivity index (χ3n) is 1.93. The van der Waals surface area contributed by atoms with E-state index in [4.69, 9.17) is 0 Å². The molecule has 0 heterocycles. The molecule has 0 aliphatic heterocycles. The molecule has 1 aromatic rings. The maximum absolute atomic E-state index is 12.3. The van der Waals surface area contributed by atoms with Gasteiger partial charge in [0.15, 0.2) is 6.67 Å². The van der Waals surface area contributed by atoms with Crippen molar-refractivity contribution in [2.75, 3.05) is 18.1 Å². The van der Waals surface area contributed by atoms with Gasteiger partial charge in [0.2, 0.25) is 0 Å². The molecule has 0 aromatic heterocycles. The number of amides is 1. The monoisotopic (exact) mass is 195 g/mol. The van der Waals surface area contributed by atoms with Gasteiger partial charge in [0.05, 0.1) is 0 Å². The first-order chi connectivity index (χ1) is 6.79. The Morgan fingerprint density at radius 2 is 2.00 bits per heavy atom. The number of rotatable bonds is 4. The summed E-state index contributed by atoms with van der Waals surface area (Å²) >= 11 is 0. The first-order valence-electron chi connectivity index (χ1n) is 4.71. The molecule has 0 fully saturated rings. The minimum atomic E-state index is -0.936. The Bertz CT molecular complexity index is 287. The van der Waals surface area contributed by atoms with E-state index in [1.54, 1.807) is 0 Å². The van der Waals surface area contributed by atoms with Gasteiger partial charge in [-0.1, -0.05) is 25.1 Å². The number of carbonyl (C=O) groups excluding carboxylic acids is 1. The van der Waals surface area contributed by atoms with Crippen LogP contribution in [0.15, 0.2) is 30.3 Å². The first kappa shape index (κ1) is 10.7. The molecular weight excluding hydrogens is 181 g/mol. The van der Waals surface area contributed by atoms with Crippen LogP contribution >= 0.6 is 0 Å². The summed E-state index contributed by atoms with van der Waals surface area (Å²) in [6.07, 6.45) is 0.820. The molecule has 14 heavy (non-hydrogen) atoms. The van der Waals surface area contributed by atoms with E-state index in [0.29, 0.717) is 6.54 Å². The van der Waals surface area contributed by atoms with Gasteiger partial charge in [-0.15, -0.1) is 0 Å². The van der Waals surface area contributed by atoms with Crippen LogP contribution in [0.2, 0.25) is 0 Å². The molecule has 76 valence electrons. The Balaban J connectivity index is 2.83. The van der Waals surface area contributed by atoms with Crippen molar-refractivity contribution >= 4 is 11.6 Å². The third kappa shape index (κ3) is 2.55. The van der Waals surface area contributed by atoms with Gasteiger partial charge in [-0.2, -0.15) is 0 Å². The SMILES string of the molecule is CCCN(C(=O)CF)c1ccccc1. The summed E-state index contributed by atoms with van der Waals surface area (Å²) < 4.78 is 12.3. The summed E-state index contributed by atoms with van der Waals surface area (Å²) in [6.45, 7) is 1.59. The molecule has 0 bridgehead atoms. The molecule has 2 nitrogen and oxygen atoms in total. The second kappa shape index (κ2) is 5.37. The van der Waals surface area contributed by atoms with Crippen molar-refractivity contribution in [3.05, 3.63) is 30.3 Å².